The molecule has 2 aromatic rings. The fourth-order valence-electron chi connectivity index (χ4n) is 5.25. The van der Waals surface area contributed by atoms with Crippen LogP contribution in [0, 0.1) is 5.92 Å². The first kappa shape index (κ1) is 26.5. The van der Waals surface area contributed by atoms with Crippen molar-refractivity contribution < 1.29 is 18.3 Å². The molecule has 1 aromatic carbocycles. The highest BCUT2D eigenvalue weighted by Crippen LogP contribution is 2.41. The van der Waals surface area contributed by atoms with Crippen molar-refractivity contribution in [3.63, 3.8) is 0 Å². The van der Waals surface area contributed by atoms with Gasteiger partial charge in [0.1, 0.15) is 5.82 Å². The molecule has 1 aromatic heterocycles. The number of halogens is 5. The van der Waals surface area contributed by atoms with Crippen molar-refractivity contribution in [2.75, 3.05) is 13.1 Å². The number of aromatic nitrogens is 2. The van der Waals surface area contributed by atoms with Gasteiger partial charge < -0.3 is 9.67 Å². The van der Waals surface area contributed by atoms with Gasteiger partial charge >= 0.3 is 6.18 Å². The Hall–Kier alpha value is -1.54. The molecule has 1 aliphatic heterocycles. The summed E-state index contributed by atoms with van der Waals surface area (Å²) in [5.41, 5.74) is 1.65. The summed E-state index contributed by atoms with van der Waals surface area (Å²) in [5, 5.41) is 11.4. The topological polar surface area (TPSA) is 41.3 Å². The fraction of sp³-hybridized carbons (Fsp3) is 0.577. The van der Waals surface area contributed by atoms with E-state index in [0.29, 0.717) is 40.2 Å². The smallest absolute Gasteiger partial charge is 0.390 e. The van der Waals surface area contributed by atoms with Crippen LogP contribution in [0.3, 0.4) is 0 Å². The number of piperidine rings is 1. The summed E-state index contributed by atoms with van der Waals surface area (Å²) in [6.45, 7) is 7.93. The third-order valence-electron chi connectivity index (χ3n) is 7.51. The zero-order valence-corrected chi connectivity index (χ0v) is 22.0. The van der Waals surface area contributed by atoms with Crippen LogP contribution in [0.1, 0.15) is 74.3 Å². The first-order valence-corrected chi connectivity index (χ1v) is 12.7. The predicted octanol–water partition coefficient (Wildman–Crippen LogP) is 6.75. The molecule has 9 heteroatoms. The number of imidazole rings is 1. The average molecular weight is 530 g/mol. The molecule has 2 heterocycles. The normalized spacial score (nSPS) is 20.2. The van der Waals surface area contributed by atoms with Gasteiger partial charge in [0.25, 0.3) is 0 Å². The van der Waals surface area contributed by atoms with Crippen molar-refractivity contribution in [2.24, 2.45) is 13.0 Å². The minimum Gasteiger partial charge on any atom is -0.390 e. The van der Waals surface area contributed by atoms with Gasteiger partial charge in [0.2, 0.25) is 0 Å². The van der Waals surface area contributed by atoms with Gasteiger partial charge in [0.05, 0.1) is 22.0 Å². The Bertz CT molecular complexity index is 1130. The van der Waals surface area contributed by atoms with Gasteiger partial charge in [-0.2, -0.15) is 13.2 Å². The minimum absolute atomic E-state index is 0.0753. The van der Waals surface area contributed by atoms with Crippen molar-refractivity contribution in [3.8, 4) is 0 Å². The van der Waals surface area contributed by atoms with Crippen molar-refractivity contribution in [3.05, 3.63) is 56.1 Å². The number of allylic oxidation sites excluding steroid dienone is 1. The lowest BCUT2D eigenvalue weighted by atomic mass is 9.83. The summed E-state index contributed by atoms with van der Waals surface area (Å²) < 4.78 is 41.8. The number of hydrogen-bond donors (Lipinski definition) is 1. The first-order chi connectivity index (χ1) is 16.3. The Morgan fingerprint density at radius 2 is 1.80 bits per heavy atom. The predicted molar refractivity (Wildman–Crippen MR) is 134 cm³/mol. The van der Waals surface area contributed by atoms with Crippen LogP contribution in [0.25, 0.3) is 6.08 Å². The number of alkyl halides is 3. The standard InChI is InChI=1S/C26H32Cl2F3N3O/c1-15-11-18(26(29,30)31)12-21-24(15)32-22(33(21)4)13-19-20(27)6-5-16(23(19)28)14-34-9-7-17(8-10-34)25(2,3)35/h5-6,12,15,17,35H,7-11,13-14H2,1-4H3. The molecule has 0 saturated carbocycles. The molecule has 0 radical (unpaired) electrons. The average Bonchev–Trinajstić information content (AvgIpc) is 3.08. The molecular formula is C26H32Cl2F3N3O. The van der Waals surface area contributed by atoms with Crippen LogP contribution in [-0.2, 0) is 20.0 Å². The molecule has 4 nitrogen and oxygen atoms in total. The molecule has 1 aliphatic carbocycles. The Morgan fingerprint density at radius 1 is 1.14 bits per heavy atom. The summed E-state index contributed by atoms with van der Waals surface area (Å²) in [6, 6.07) is 3.76. The largest absolute Gasteiger partial charge is 0.412 e. The van der Waals surface area contributed by atoms with E-state index in [-0.39, 0.29) is 18.3 Å². The molecule has 1 saturated heterocycles. The van der Waals surface area contributed by atoms with Crippen molar-refractivity contribution in [1.29, 1.82) is 0 Å². The van der Waals surface area contributed by atoms with Crippen LogP contribution in [0.5, 0.6) is 0 Å². The van der Waals surface area contributed by atoms with E-state index in [2.05, 4.69) is 4.90 Å². The highest BCUT2D eigenvalue weighted by Gasteiger charge is 2.38. The zero-order chi connectivity index (χ0) is 25.7. The lowest BCUT2D eigenvalue weighted by Crippen LogP contribution is -2.41. The molecule has 1 atom stereocenters. The minimum atomic E-state index is -4.35. The van der Waals surface area contributed by atoms with E-state index in [9.17, 15) is 18.3 Å². The SMILES string of the molecule is CC1CC(C(F)(F)F)=Cc2c1nc(Cc1c(Cl)ccc(CN3CCC(C(C)(C)O)CC3)c1Cl)n2C. The van der Waals surface area contributed by atoms with E-state index in [1.165, 1.54) is 6.08 Å². The Balaban J connectivity index is 1.56. The number of aliphatic hydroxyl groups is 1. The van der Waals surface area contributed by atoms with E-state index in [1.807, 2.05) is 26.0 Å². The number of rotatable bonds is 5. The van der Waals surface area contributed by atoms with Crippen LogP contribution in [-0.4, -0.2) is 44.4 Å². The molecule has 0 amide bonds. The molecule has 192 valence electrons. The highest BCUT2D eigenvalue weighted by molar-refractivity contribution is 6.36. The van der Waals surface area contributed by atoms with Crippen LogP contribution in [0.15, 0.2) is 17.7 Å². The van der Waals surface area contributed by atoms with Crippen molar-refractivity contribution >= 4 is 29.3 Å². The van der Waals surface area contributed by atoms with Gasteiger partial charge in [-0.25, -0.2) is 4.98 Å². The molecular weight excluding hydrogens is 498 g/mol. The van der Waals surface area contributed by atoms with E-state index in [0.717, 1.165) is 37.1 Å². The van der Waals surface area contributed by atoms with E-state index < -0.39 is 17.4 Å². The molecule has 35 heavy (non-hydrogen) atoms. The van der Waals surface area contributed by atoms with Gasteiger partial charge in [-0.05, 0) is 75.4 Å². The van der Waals surface area contributed by atoms with Crippen LogP contribution in [0.2, 0.25) is 10.0 Å². The van der Waals surface area contributed by atoms with Crippen LogP contribution >= 0.6 is 23.2 Å². The van der Waals surface area contributed by atoms with E-state index >= 15 is 0 Å². The maximum absolute atomic E-state index is 13.4. The van der Waals surface area contributed by atoms with Gasteiger partial charge in [-0.15, -0.1) is 0 Å². The number of fused-ring (bicyclic) bond motifs is 1. The molecule has 1 unspecified atom stereocenters. The second-order valence-electron chi connectivity index (χ2n) is 10.5. The Labute approximate surface area is 214 Å². The highest BCUT2D eigenvalue weighted by atomic mass is 35.5. The molecule has 0 spiro atoms. The molecule has 4 rings (SSSR count). The second kappa shape index (κ2) is 9.73. The fourth-order valence-corrected chi connectivity index (χ4v) is 5.81. The number of nitrogens with zero attached hydrogens (tertiary/aromatic N) is 3. The number of likely N-dealkylation sites (tertiary alicyclic amines) is 1. The van der Waals surface area contributed by atoms with Crippen molar-refractivity contribution in [1.82, 2.24) is 14.5 Å². The van der Waals surface area contributed by atoms with Gasteiger partial charge in [0.15, 0.2) is 0 Å². The lowest BCUT2D eigenvalue weighted by Gasteiger charge is -2.38. The third kappa shape index (κ3) is 5.58. The number of benzene rings is 1. The maximum atomic E-state index is 13.4. The van der Waals surface area contributed by atoms with Crippen LogP contribution < -0.4 is 0 Å². The quantitative estimate of drug-likeness (QED) is 0.465. The summed E-state index contributed by atoms with van der Waals surface area (Å²) in [6.07, 6.45) is -1.04. The van der Waals surface area contributed by atoms with Gasteiger partial charge in [-0.1, -0.05) is 36.2 Å². The third-order valence-corrected chi connectivity index (χ3v) is 8.33. The van der Waals surface area contributed by atoms with E-state index in [1.54, 1.807) is 18.5 Å². The summed E-state index contributed by atoms with van der Waals surface area (Å²) in [7, 11) is 1.74. The molecule has 2 aliphatic rings. The second-order valence-corrected chi connectivity index (χ2v) is 11.3. The number of hydrogen-bond acceptors (Lipinski definition) is 3. The first-order valence-electron chi connectivity index (χ1n) is 12.0. The Kier molecular flexibility index (Phi) is 7.37. The van der Waals surface area contributed by atoms with Crippen LogP contribution in [0.4, 0.5) is 13.2 Å². The summed E-state index contributed by atoms with van der Waals surface area (Å²) >= 11 is 13.4. The lowest BCUT2D eigenvalue weighted by molar-refractivity contribution is -0.0937. The monoisotopic (exact) mass is 529 g/mol. The Morgan fingerprint density at radius 3 is 2.40 bits per heavy atom. The molecule has 1 N–H and O–H groups in total. The molecule has 0 bridgehead atoms. The summed E-state index contributed by atoms with van der Waals surface area (Å²) in [5.74, 6) is 0.586. The van der Waals surface area contributed by atoms with Gasteiger partial charge in [-0.3, -0.25) is 4.90 Å². The van der Waals surface area contributed by atoms with Crippen molar-refractivity contribution in [2.45, 2.75) is 70.7 Å². The summed E-state index contributed by atoms with van der Waals surface area (Å²) in [4.78, 5) is 7.03. The maximum Gasteiger partial charge on any atom is 0.412 e. The van der Waals surface area contributed by atoms with E-state index in [4.69, 9.17) is 28.2 Å². The molecule has 1 fully saturated rings. The van der Waals surface area contributed by atoms with Gasteiger partial charge in [0, 0.05) is 36.5 Å². The zero-order valence-electron chi connectivity index (χ0n) is 20.5.